The zero-order valence-corrected chi connectivity index (χ0v) is 10.7. The Morgan fingerprint density at radius 3 is 2.89 bits per heavy atom. The fourth-order valence-electron chi connectivity index (χ4n) is 1.66. The number of hydrogen-bond acceptors (Lipinski definition) is 4. The largest absolute Gasteiger partial charge is 0.321 e. The Kier molecular flexibility index (Phi) is 3.20. The maximum Gasteiger partial charge on any atom is 0.261 e. The number of aromatic amines is 1. The third kappa shape index (κ3) is 2.28. The molecule has 0 unspecified atom stereocenters. The minimum absolute atomic E-state index is 0.0304. The quantitative estimate of drug-likeness (QED) is 0.759. The molecule has 5 nitrogen and oxygen atoms in total. The molecular weight excluding hydrogens is 250 g/mol. The Bertz CT molecular complexity index is 706. The molecule has 18 heavy (non-hydrogen) atoms. The van der Waals surface area contributed by atoms with Crippen molar-refractivity contribution in [2.75, 3.05) is 0 Å². The second-order valence-corrected chi connectivity index (χ2v) is 4.49. The molecule has 6 heteroatoms. The second kappa shape index (κ2) is 4.66. The smallest absolute Gasteiger partial charge is 0.261 e. The van der Waals surface area contributed by atoms with Crippen LogP contribution in [0.2, 0.25) is 0 Å². The summed E-state index contributed by atoms with van der Waals surface area (Å²) in [5, 5.41) is 3.18. The van der Waals surface area contributed by atoms with Crippen LogP contribution in [0, 0.1) is 6.92 Å². The topological polar surface area (TPSA) is 74.8 Å². The lowest BCUT2D eigenvalue weighted by molar-refractivity contribution is 0.0976. The summed E-state index contributed by atoms with van der Waals surface area (Å²) in [6, 6.07) is 3.22. The number of aryl methyl sites for hydroxylation is 1. The summed E-state index contributed by atoms with van der Waals surface area (Å²) in [4.78, 5) is 30.7. The van der Waals surface area contributed by atoms with Gasteiger partial charge in [-0.25, -0.2) is 0 Å². The van der Waals surface area contributed by atoms with Crippen molar-refractivity contribution in [1.29, 1.82) is 0 Å². The fourth-order valence-corrected chi connectivity index (χ4v) is 1.76. The van der Waals surface area contributed by atoms with Gasteiger partial charge >= 0.3 is 0 Å². The van der Waals surface area contributed by atoms with Crippen LogP contribution in [0.25, 0.3) is 10.9 Å². The van der Waals surface area contributed by atoms with Crippen LogP contribution in [0.5, 0.6) is 0 Å². The number of rotatable bonds is 1. The molecule has 0 aliphatic rings. The number of thiocarbonyl (C=S) groups is 1. The van der Waals surface area contributed by atoms with E-state index >= 15 is 0 Å². The summed E-state index contributed by atoms with van der Waals surface area (Å²) in [6.45, 7) is 3.39. The van der Waals surface area contributed by atoms with Crippen LogP contribution in [0.3, 0.4) is 0 Å². The number of amides is 1. The number of aromatic nitrogens is 2. The molecule has 0 aliphatic heterocycles. The summed E-state index contributed by atoms with van der Waals surface area (Å²) in [6.07, 6.45) is 1.61. The van der Waals surface area contributed by atoms with Gasteiger partial charge in [-0.3, -0.25) is 14.6 Å². The summed E-state index contributed by atoms with van der Waals surface area (Å²) >= 11 is 4.78. The molecule has 0 aliphatic carbocycles. The highest BCUT2D eigenvalue weighted by molar-refractivity contribution is 7.80. The molecule has 0 atom stereocenters. The molecule has 2 N–H and O–H groups in total. The van der Waals surface area contributed by atoms with Crippen molar-refractivity contribution in [1.82, 2.24) is 15.3 Å². The van der Waals surface area contributed by atoms with E-state index in [9.17, 15) is 9.59 Å². The minimum atomic E-state index is -0.506. The van der Waals surface area contributed by atoms with E-state index in [2.05, 4.69) is 15.3 Å². The molecule has 0 aromatic carbocycles. The van der Waals surface area contributed by atoms with Crippen LogP contribution >= 0.6 is 12.2 Å². The van der Waals surface area contributed by atoms with E-state index < -0.39 is 11.5 Å². The van der Waals surface area contributed by atoms with Gasteiger partial charge in [0.2, 0.25) is 0 Å². The molecule has 2 aromatic rings. The summed E-state index contributed by atoms with van der Waals surface area (Å²) < 4.78 is 0. The van der Waals surface area contributed by atoms with Crippen LogP contribution in [0.4, 0.5) is 0 Å². The highest BCUT2D eigenvalue weighted by atomic mass is 32.1. The van der Waals surface area contributed by atoms with Gasteiger partial charge < -0.3 is 10.3 Å². The van der Waals surface area contributed by atoms with Gasteiger partial charge in [-0.05, 0) is 26.0 Å². The van der Waals surface area contributed by atoms with Crippen molar-refractivity contribution in [3.8, 4) is 0 Å². The first kappa shape index (κ1) is 12.4. The van der Waals surface area contributed by atoms with E-state index in [1.54, 1.807) is 19.2 Å². The highest BCUT2D eigenvalue weighted by Gasteiger charge is 2.12. The van der Waals surface area contributed by atoms with Crippen LogP contribution in [0.15, 0.2) is 23.1 Å². The van der Waals surface area contributed by atoms with Gasteiger partial charge in [-0.2, -0.15) is 0 Å². The summed E-state index contributed by atoms with van der Waals surface area (Å²) in [5.74, 6) is -0.506. The molecule has 2 heterocycles. The number of fused-ring (bicyclic) bond motifs is 1. The van der Waals surface area contributed by atoms with Gasteiger partial charge in [0.15, 0.2) is 0 Å². The lowest BCUT2D eigenvalue weighted by atomic mass is 10.1. The number of carbonyl (C=O) groups is 1. The Hall–Kier alpha value is -2.08. The van der Waals surface area contributed by atoms with Crippen LogP contribution in [-0.2, 0) is 0 Å². The molecule has 1 amide bonds. The molecular formula is C12H11N3O2S. The van der Waals surface area contributed by atoms with Crippen molar-refractivity contribution in [2.45, 2.75) is 13.8 Å². The van der Waals surface area contributed by atoms with E-state index in [-0.39, 0.29) is 5.56 Å². The van der Waals surface area contributed by atoms with Gasteiger partial charge in [0.25, 0.3) is 11.5 Å². The van der Waals surface area contributed by atoms with Crippen molar-refractivity contribution in [3.63, 3.8) is 0 Å². The minimum Gasteiger partial charge on any atom is -0.321 e. The van der Waals surface area contributed by atoms with Crippen molar-refractivity contribution in [3.05, 3.63) is 39.9 Å². The molecule has 0 saturated carbocycles. The zero-order valence-electron chi connectivity index (χ0n) is 9.90. The Morgan fingerprint density at radius 2 is 2.22 bits per heavy atom. The first-order chi connectivity index (χ1) is 8.49. The van der Waals surface area contributed by atoms with Gasteiger partial charge in [-0.15, -0.1) is 0 Å². The van der Waals surface area contributed by atoms with Crippen LogP contribution in [-0.4, -0.2) is 20.9 Å². The lowest BCUT2D eigenvalue weighted by Crippen LogP contribution is -2.31. The first-order valence-corrected chi connectivity index (χ1v) is 5.70. The molecule has 0 bridgehead atoms. The number of H-pyrrole nitrogens is 1. The average Bonchev–Trinajstić information content (AvgIpc) is 2.27. The van der Waals surface area contributed by atoms with Crippen LogP contribution in [0.1, 0.15) is 23.0 Å². The molecule has 0 spiro atoms. The van der Waals surface area contributed by atoms with Gasteiger partial charge in [0.1, 0.15) is 5.56 Å². The number of carbonyl (C=O) groups excluding carboxylic acids is 1. The van der Waals surface area contributed by atoms with E-state index in [1.807, 2.05) is 6.92 Å². The molecule has 2 aromatic heterocycles. The third-order valence-corrected chi connectivity index (χ3v) is 2.61. The van der Waals surface area contributed by atoms with Crippen molar-refractivity contribution in [2.24, 2.45) is 0 Å². The maximum absolute atomic E-state index is 11.8. The maximum atomic E-state index is 11.8. The predicted octanol–water partition coefficient (Wildman–Crippen LogP) is 1.31. The Labute approximate surface area is 108 Å². The van der Waals surface area contributed by atoms with E-state index in [4.69, 9.17) is 12.2 Å². The number of nitrogens with zero attached hydrogens (tertiary/aromatic N) is 1. The normalized spacial score (nSPS) is 10.3. The van der Waals surface area contributed by atoms with E-state index in [1.165, 1.54) is 6.07 Å². The predicted molar refractivity (Wildman–Crippen MR) is 72.8 cm³/mol. The molecule has 0 saturated heterocycles. The second-order valence-electron chi connectivity index (χ2n) is 3.88. The summed E-state index contributed by atoms with van der Waals surface area (Å²) in [5.41, 5.74) is 0.990. The SMILES string of the molecule is CC(=S)NC(=O)c1cc2c(C)nccc2[nH]c1=O. The first-order valence-electron chi connectivity index (χ1n) is 5.29. The number of pyridine rings is 2. The van der Waals surface area contributed by atoms with Crippen LogP contribution < -0.4 is 10.9 Å². The highest BCUT2D eigenvalue weighted by Crippen LogP contribution is 2.13. The number of hydrogen-bond donors (Lipinski definition) is 2. The van der Waals surface area contributed by atoms with Crippen molar-refractivity contribution < 1.29 is 4.79 Å². The molecule has 92 valence electrons. The molecule has 0 fully saturated rings. The average molecular weight is 261 g/mol. The fraction of sp³-hybridized carbons (Fsp3) is 0.167. The van der Waals surface area contributed by atoms with Crippen molar-refractivity contribution >= 4 is 34.0 Å². The zero-order chi connectivity index (χ0) is 13.3. The Balaban J connectivity index is 2.62. The van der Waals surface area contributed by atoms with E-state index in [0.717, 1.165) is 11.1 Å². The van der Waals surface area contributed by atoms with Gasteiger partial charge in [0.05, 0.1) is 10.5 Å². The molecule has 2 rings (SSSR count). The monoisotopic (exact) mass is 261 g/mol. The van der Waals surface area contributed by atoms with Gasteiger partial charge in [0, 0.05) is 17.3 Å². The van der Waals surface area contributed by atoms with Gasteiger partial charge in [-0.1, -0.05) is 12.2 Å². The number of nitrogens with one attached hydrogen (secondary N) is 2. The summed E-state index contributed by atoms with van der Waals surface area (Å²) in [7, 11) is 0. The standard InChI is InChI=1S/C12H11N3O2S/c1-6-8-5-9(11(16)14-7(2)18)12(17)15-10(8)3-4-13-6/h3-5H,1-2H3,(H,15,17)(H,14,16,18). The van der Waals surface area contributed by atoms with E-state index in [0.29, 0.717) is 10.5 Å². The Morgan fingerprint density at radius 1 is 1.50 bits per heavy atom. The lowest BCUT2D eigenvalue weighted by Gasteiger charge is -2.05. The third-order valence-electron chi connectivity index (χ3n) is 2.51. The molecule has 0 radical (unpaired) electrons.